The van der Waals surface area contributed by atoms with Crippen molar-refractivity contribution in [3.63, 3.8) is 0 Å². The fraction of sp³-hybridized carbons (Fsp3) is 0.400. The number of aliphatic hydroxyl groups is 1. The summed E-state index contributed by atoms with van der Waals surface area (Å²) < 4.78 is 14.4. The summed E-state index contributed by atoms with van der Waals surface area (Å²) in [6, 6.07) is 9.79. The Bertz CT molecular complexity index is 863. The number of benzene rings is 1. The summed E-state index contributed by atoms with van der Waals surface area (Å²) in [6.07, 6.45) is 2.02. The molecule has 1 aromatic heterocycles. The van der Waals surface area contributed by atoms with Crippen LogP contribution in [0.4, 0.5) is 4.39 Å². The Balaban J connectivity index is 1.44. The molecule has 2 atom stereocenters. The van der Waals surface area contributed by atoms with Crippen molar-refractivity contribution in [1.82, 2.24) is 14.8 Å². The molecule has 2 aromatic rings. The fourth-order valence-corrected chi connectivity index (χ4v) is 4.41. The van der Waals surface area contributed by atoms with Crippen LogP contribution in [-0.4, -0.2) is 57.6 Å². The maximum atomic E-state index is 14.0. The molecule has 0 unspecified atom stereocenters. The summed E-state index contributed by atoms with van der Waals surface area (Å²) in [4.78, 5) is 20.3. The number of carbonyl (C=O) groups excluding carboxylic acids is 1. The number of piperidine rings is 1. The van der Waals surface area contributed by atoms with Gasteiger partial charge in [0.25, 0.3) is 5.91 Å². The Morgan fingerprint density at radius 1 is 1.26 bits per heavy atom. The molecule has 0 saturated carbocycles. The smallest absolute Gasteiger partial charge is 0.257 e. The van der Waals surface area contributed by atoms with E-state index in [0.29, 0.717) is 17.6 Å². The van der Waals surface area contributed by atoms with Crippen molar-refractivity contribution in [1.29, 1.82) is 0 Å². The van der Waals surface area contributed by atoms with Crippen molar-refractivity contribution in [2.45, 2.75) is 31.5 Å². The van der Waals surface area contributed by atoms with Gasteiger partial charge in [0.2, 0.25) is 0 Å². The molecule has 142 valence electrons. The van der Waals surface area contributed by atoms with E-state index in [9.17, 15) is 14.3 Å². The summed E-state index contributed by atoms with van der Waals surface area (Å²) in [6.45, 7) is 2.43. The third-order valence-corrected chi connectivity index (χ3v) is 5.95. The molecule has 0 spiro atoms. The number of hydrogen-bond donors (Lipinski definition) is 1. The van der Waals surface area contributed by atoms with E-state index in [1.807, 2.05) is 6.07 Å². The second-order valence-corrected chi connectivity index (χ2v) is 7.96. The number of nitrogens with zero attached hydrogens (tertiary/aromatic N) is 3. The zero-order chi connectivity index (χ0) is 19.0. The summed E-state index contributed by atoms with van der Waals surface area (Å²) in [5.74, 6) is -1.05. The second-order valence-electron chi connectivity index (χ2n) is 7.15. The lowest BCUT2D eigenvalue weighted by molar-refractivity contribution is -0.0138. The van der Waals surface area contributed by atoms with Crippen LogP contribution in [0, 0.1) is 5.82 Å². The molecule has 2 aliphatic heterocycles. The van der Waals surface area contributed by atoms with Crippen LogP contribution in [0.15, 0.2) is 41.1 Å². The van der Waals surface area contributed by atoms with E-state index in [0.717, 1.165) is 25.7 Å². The van der Waals surface area contributed by atoms with Crippen molar-refractivity contribution in [2.75, 3.05) is 19.6 Å². The van der Waals surface area contributed by atoms with E-state index >= 15 is 0 Å². The Morgan fingerprint density at radius 2 is 2.04 bits per heavy atom. The van der Waals surface area contributed by atoms with Gasteiger partial charge in [0, 0.05) is 32.2 Å². The highest BCUT2D eigenvalue weighted by molar-refractivity contribution is 9.10. The van der Waals surface area contributed by atoms with Gasteiger partial charge in [0.05, 0.1) is 17.9 Å². The van der Waals surface area contributed by atoms with Gasteiger partial charge in [0.15, 0.2) is 5.82 Å². The number of β-amino-alcohol motifs (C(OH)–C–C–N with tert-alkyl or cyclic N) is 1. The molecule has 1 amide bonds. The van der Waals surface area contributed by atoms with Gasteiger partial charge in [-0.2, -0.15) is 0 Å². The number of halogens is 2. The lowest BCUT2D eigenvalue weighted by atomic mass is 9.94. The number of hydrogen-bond acceptors (Lipinski definition) is 4. The minimum absolute atomic E-state index is 0.0106. The minimum Gasteiger partial charge on any atom is -0.390 e. The van der Waals surface area contributed by atoms with Gasteiger partial charge in [-0.25, -0.2) is 9.37 Å². The molecule has 2 aliphatic rings. The average Bonchev–Trinajstić information content (AvgIpc) is 2.69. The fourth-order valence-electron chi connectivity index (χ4n) is 4.08. The zero-order valence-corrected chi connectivity index (χ0v) is 16.4. The van der Waals surface area contributed by atoms with Gasteiger partial charge >= 0.3 is 0 Å². The number of aliphatic hydroxyl groups excluding tert-OH is 1. The van der Waals surface area contributed by atoms with E-state index in [1.165, 1.54) is 22.1 Å². The molecule has 3 heterocycles. The molecule has 0 radical (unpaired) electrons. The maximum Gasteiger partial charge on any atom is 0.257 e. The van der Waals surface area contributed by atoms with Crippen molar-refractivity contribution in [3.8, 4) is 0 Å². The molecule has 7 heteroatoms. The number of likely N-dealkylation sites (tertiary alicyclic amines) is 1. The Kier molecular flexibility index (Phi) is 5.25. The lowest BCUT2D eigenvalue weighted by Crippen LogP contribution is -2.56. The number of fused-ring (bicyclic) bond motifs is 1. The largest absolute Gasteiger partial charge is 0.390 e. The normalized spacial score (nSPS) is 23.1. The van der Waals surface area contributed by atoms with Crippen molar-refractivity contribution in [2.24, 2.45) is 0 Å². The average molecular weight is 434 g/mol. The number of pyridine rings is 1. The molecule has 4 rings (SSSR count). The first-order valence-electron chi connectivity index (χ1n) is 9.12. The number of amides is 1. The first-order valence-corrected chi connectivity index (χ1v) is 9.91. The van der Waals surface area contributed by atoms with Gasteiger partial charge in [-0.15, -0.1) is 0 Å². The van der Waals surface area contributed by atoms with Crippen LogP contribution in [0.3, 0.4) is 0 Å². The summed E-state index contributed by atoms with van der Waals surface area (Å²) in [5, 5.41) is 10.7. The number of rotatable bonds is 2. The van der Waals surface area contributed by atoms with Gasteiger partial charge in [-0.1, -0.05) is 24.3 Å². The predicted octanol–water partition coefficient (Wildman–Crippen LogP) is 2.62. The van der Waals surface area contributed by atoms with Crippen LogP contribution >= 0.6 is 15.9 Å². The van der Waals surface area contributed by atoms with E-state index in [1.54, 1.807) is 0 Å². The first-order chi connectivity index (χ1) is 13.0. The van der Waals surface area contributed by atoms with E-state index < -0.39 is 17.8 Å². The SMILES string of the molecule is O=C(c1cc(Br)ncc1F)N1CC[C@H](N2CCc3ccccc3C2)[C@@H](O)C1. The predicted molar refractivity (Wildman–Crippen MR) is 103 cm³/mol. The molecular formula is C20H21BrFN3O2. The quantitative estimate of drug-likeness (QED) is 0.739. The topological polar surface area (TPSA) is 56.7 Å². The standard InChI is InChI=1S/C20H21BrFN3O2/c21-19-9-15(16(22)10-23-19)20(27)25-8-6-17(18(26)12-25)24-7-5-13-3-1-2-4-14(13)11-24/h1-4,9-10,17-18,26H,5-8,11-12H2/t17-,18-/m0/s1. The maximum absolute atomic E-state index is 14.0. The van der Waals surface area contributed by atoms with Crippen LogP contribution in [-0.2, 0) is 13.0 Å². The van der Waals surface area contributed by atoms with Crippen LogP contribution < -0.4 is 0 Å². The monoisotopic (exact) mass is 433 g/mol. The molecule has 27 heavy (non-hydrogen) atoms. The first kappa shape index (κ1) is 18.5. The Morgan fingerprint density at radius 3 is 2.81 bits per heavy atom. The third-order valence-electron chi connectivity index (χ3n) is 5.52. The lowest BCUT2D eigenvalue weighted by Gasteiger charge is -2.43. The highest BCUT2D eigenvalue weighted by Gasteiger charge is 2.35. The molecule has 1 saturated heterocycles. The highest BCUT2D eigenvalue weighted by Crippen LogP contribution is 2.26. The summed E-state index contributed by atoms with van der Waals surface area (Å²) in [5.41, 5.74) is 2.65. The summed E-state index contributed by atoms with van der Waals surface area (Å²) in [7, 11) is 0. The van der Waals surface area contributed by atoms with Crippen LogP contribution in [0.2, 0.25) is 0 Å². The van der Waals surface area contributed by atoms with E-state index in [2.05, 4.69) is 44.0 Å². The van der Waals surface area contributed by atoms with Gasteiger partial charge in [-0.3, -0.25) is 9.69 Å². The van der Waals surface area contributed by atoms with E-state index in [4.69, 9.17) is 0 Å². The van der Waals surface area contributed by atoms with E-state index in [-0.39, 0.29) is 18.2 Å². The Labute approximate surface area is 165 Å². The molecular weight excluding hydrogens is 413 g/mol. The Hall–Kier alpha value is -1.83. The van der Waals surface area contributed by atoms with Crippen LogP contribution in [0.1, 0.15) is 27.9 Å². The van der Waals surface area contributed by atoms with Gasteiger partial charge in [0.1, 0.15) is 4.60 Å². The molecule has 1 N–H and O–H groups in total. The molecule has 0 aliphatic carbocycles. The van der Waals surface area contributed by atoms with Crippen LogP contribution in [0.5, 0.6) is 0 Å². The van der Waals surface area contributed by atoms with Crippen molar-refractivity contribution >= 4 is 21.8 Å². The van der Waals surface area contributed by atoms with Crippen molar-refractivity contribution < 1.29 is 14.3 Å². The minimum atomic E-state index is -0.652. The van der Waals surface area contributed by atoms with Gasteiger partial charge in [-0.05, 0) is 46.0 Å². The zero-order valence-electron chi connectivity index (χ0n) is 14.8. The number of carbonyl (C=O) groups is 1. The number of aromatic nitrogens is 1. The van der Waals surface area contributed by atoms with Crippen LogP contribution in [0.25, 0.3) is 0 Å². The second kappa shape index (κ2) is 7.66. The van der Waals surface area contributed by atoms with Gasteiger partial charge < -0.3 is 10.0 Å². The highest BCUT2D eigenvalue weighted by atomic mass is 79.9. The molecule has 1 fully saturated rings. The molecule has 0 bridgehead atoms. The molecule has 1 aromatic carbocycles. The molecule has 5 nitrogen and oxygen atoms in total. The van der Waals surface area contributed by atoms with Crippen molar-refractivity contribution in [3.05, 3.63) is 63.6 Å². The third kappa shape index (κ3) is 3.77. The summed E-state index contributed by atoms with van der Waals surface area (Å²) >= 11 is 3.17.